The van der Waals surface area contributed by atoms with Gasteiger partial charge in [-0.1, -0.05) is 6.42 Å². The smallest absolute Gasteiger partial charge is 0.244 e. The number of hydrogen-bond acceptors (Lipinski definition) is 4. The Hall–Kier alpha value is -0.920. The van der Waals surface area contributed by atoms with Gasteiger partial charge in [0.15, 0.2) is 0 Å². The first-order valence-electron chi connectivity index (χ1n) is 6.22. The van der Waals surface area contributed by atoms with E-state index in [0.29, 0.717) is 29.4 Å². The van der Waals surface area contributed by atoms with E-state index in [9.17, 15) is 8.42 Å². The first-order chi connectivity index (χ1) is 8.45. The van der Waals surface area contributed by atoms with Crippen LogP contribution in [0.25, 0.3) is 0 Å². The Balaban J connectivity index is 2.31. The summed E-state index contributed by atoms with van der Waals surface area (Å²) < 4.78 is 29.0. The lowest BCUT2D eigenvalue weighted by molar-refractivity contribution is 0.383. The minimum atomic E-state index is -3.45. The normalized spacial score (nSPS) is 16.8. The van der Waals surface area contributed by atoms with Gasteiger partial charge in [0.05, 0.1) is 17.9 Å². The quantitative estimate of drug-likeness (QED) is 0.806. The van der Waals surface area contributed by atoms with Crippen LogP contribution >= 0.6 is 0 Å². The van der Waals surface area contributed by atoms with E-state index in [1.807, 2.05) is 0 Å². The van der Waals surface area contributed by atoms with Crippen LogP contribution < -0.4 is 10.5 Å². The molecule has 0 spiro atoms. The van der Waals surface area contributed by atoms with Gasteiger partial charge in [0.2, 0.25) is 10.0 Å². The molecule has 1 aliphatic rings. The average molecular weight is 272 g/mol. The molecule has 0 aromatic carbocycles. The fourth-order valence-electron chi connectivity index (χ4n) is 2.21. The molecule has 6 nitrogen and oxygen atoms in total. The van der Waals surface area contributed by atoms with Gasteiger partial charge in [-0.25, -0.2) is 13.1 Å². The second-order valence-electron chi connectivity index (χ2n) is 4.76. The monoisotopic (exact) mass is 272 g/mol. The Bertz CT molecular complexity index is 531. The van der Waals surface area contributed by atoms with E-state index in [2.05, 4.69) is 9.82 Å². The van der Waals surface area contributed by atoms with Crippen molar-refractivity contribution in [1.82, 2.24) is 14.5 Å². The molecule has 1 fully saturated rings. The van der Waals surface area contributed by atoms with Crippen molar-refractivity contribution >= 4 is 10.0 Å². The van der Waals surface area contributed by atoms with Crippen molar-refractivity contribution in [2.24, 2.45) is 5.73 Å². The summed E-state index contributed by atoms with van der Waals surface area (Å²) in [6.07, 6.45) is 2.94. The van der Waals surface area contributed by atoms with Crippen LogP contribution in [0.2, 0.25) is 0 Å². The minimum absolute atomic E-state index is 0.0895. The summed E-state index contributed by atoms with van der Waals surface area (Å²) in [6.45, 7) is 4.46. The fraction of sp³-hybridized carbons (Fsp3) is 0.727. The van der Waals surface area contributed by atoms with Gasteiger partial charge in [0.1, 0.15) is 4.90 Å². The summed E-state index contributed by atoms with van der Waals surface area (Å²) in [5.41, 5.74) is 6.68. The molecular formula is C11H20N4O2S. The molecule has 0 unspecified atom stereocenters. The lowest BCUT2D eigenvalue weighted by Crippen LogP contribution is -2.39. The molecular weight excluding hydrogens is 252 g/mol. The third-order valence-electron chi connectivity index (χ3n) is 3.35. The SMILES string of the molecule is Cc1nn(CCN)c(C)c1S(=O)(=O)NC1CCC1. The molecule has 7 heteroatoms. The second kappa shape index (κ2) is 4.99. The molecule has 2 rings (SSSR count). The van der Waals surface area contributed by atoms with Crippen LogP contribution in [-0.2, 0) is 16.6 Å². The summed E-state index contributed by atoms with van der Waals surface area (Å²) >= 11 is 0. The Kier molecular flexibility index (Phi) is 3.74. The number of nitrogens with two attached hydrogens (primary N) is 1. The van der Waals surface area contributed by atoms with Crippen LogP contribution in [0.15, 0.2) is 4.90 Å². The topological polar surface area (TPSA) is 90.0 Å². The van der Waals surface area contributed by atoms with E-state index in [-0.39, 0.29) is 6.04 Å². The van der Waals surface area contributed by atoms with E-state index in [4.69, 9.17) is 5.73 Å². The zero-order valence-corrected chi connectivity index (χ0v) is 11.6. The van der Waals surface area contributed by atoms with E-state index in [0.717, 1.165) is 19.3 Å². The van der Waals surface area contributed by atoms with E-state index in [1.54, 1.807) is 18.5 Å². The van der Waals surface area contributed by atoms with Gasteiger partial charge in [-0.15, -0.1) is 0 Å². The van der Waals surface area contributed by atoms with Gasteiger partial charge < -0.3 is 5.73 Å². The van der Waals surface area contributed by atoms with Crippen LogP contribution in [0.5, 0.6) is 0 Å². The van der Waals surface area contributed by atoms with E-state index < -0.39 is 10.0 Å². The highest BCUT2D eigenvalue weighted by atomic mass is 32.2. The number of sulfonamides is 1. The lowest BCUT2D eigenvalue weighted by atomic mass is 9.94. The van der Waals surface area contributed by atoms with Crippen molar-refractivity contribution in [2.45, 2.75) is 50.6 Å². The van der Waals surface area contributed by atoms with Crippen LogP contribution in [0.1, 0.15) is 30.7 Å². The van der Waals surface area contributed by atoms with Gasteiger partial charge in [0.25, 0.3) is 0 Å². The zero-order valence-electron chi connectivity index (χ0n) is 10.8. The van der Waals surface area contributed by atoms with Gasteiger partial charge in [-0.05, 0) is 26.7 Å². The summed E-state index contributed by atoms with van der Waals surface area (Å²) in [4.78, 5) is 0.308. The number of hydrogen-bond donors (Lipinski definition) is 2. The predicted octanol–water partition coefficient (Wildman–Crippen LogP) is 0.289. The summed E-state index contributed by atoms with van der Waals surface area (Å²) in [5, 5.41) is 4.23. The van der Waals surface area contributed by atoms with Crippen molar-refractivity contribution in [3.8, 4) is 0 Å². The molecule has 1 aliphatic carbocycles. The van der Waals surface area contributed by atoms with Crippen molar-refractivity contribution in [1.29, 1.82) is 0 Å². The van der Waals surface area contributed by atoms with Crippen LogP contribution in [0.3, 0.4) is 0 Å². The third-order valence-corrected chi connectivity index (χ3v) is 5.12. The maximum absolute atomic E-state index is 12.3. The Morgan fingerprint density at radius 2 is 2.11 bits per heavy atom. The molecule has 1 heterocycles. The third kappa shape index (κ3) is 2.43. The molecule has 18 heavy (non-hydrogen) atoms. The van der Waals surface area contributed by atoms with E-state index >= 15 is 0 Å². The molecule has 102 valence electrons. The maximum atomic E-state index is 12.3. The number of aryl methyl sites for hydroxylation is 1. The van der Waals surface area contributed by atoms with Crippen molar-refractivity contribution in [3.05, 3.63) is 11.4 Å². The molecule has 0 aliphatic heterocycles. The lowest BCUT2D eigenvalue weighted by Gasteiger charge is -2.26. The number of aromatic nitrogens is 2. The molecule has 1 aromatic rings. The molecule has 1 aromatic heterocycles. The van der Waals surface area contributed by atoms with Crippen molar-refractivity contribution in [2.75, 3.05) is 6.54 Å². The zero-order chi connectivity index (χ0) is 13.3. The van der Waals surface area contributed by atoms with Crippen molar-refractivity contribution < 1.29 is 8.42 Å². The number of nitrogens with zero attached hydrogens (tertiary/aromatic N) is 2. The Labute approximate surface area is 108 Å². The highest BCUT2D eigenvalue weighted by Gasteiger charge is 2.29. The molecule has 0 radical (unpaired) electrons. The molecule has 0 saturated heterocycles. The van der Waals surface area contributed by atoms with Gasteiger partial charge in [-0.3, -0.25) is 4.68 Å². The van der Waals surface area contributed by atoms with Gasteiger partial charge in [0, 0.05) is 12.6 Å². The number of nitrogens with one attached hydrogen (secondary N) is 1. The summed E-state index contributed by atoms with van der Waals surface area (Å²) in [6, 6.07) is 0.0895. The molecule has 0 amide bonds. The molecule has 0 atom stereocenters. The first kappa shape index (κ1) is 13.5. The predicted molar refractivity (Wildman–Crippen MR) is 68.7 cm³/mol. The maximum Gasteiger partial charge on any atom is 0.244 e. The van der Waals surface area contributed by atoms with Crippen LogP contribution in [0, 0.1) is 13.8 Å². The first-order valence-corrected chi connectivity index (χ1v) is 7.70. The molecule has 0 bridgehead atoms. The Morgan fingerprint density at radius 1 is 1.44 bits per heavy atom. The number of rotatable bonds is 5. The molecule has 1 saturated carbocycles. The second-order valence-corrected chi connectivity index (χ2v) is 6.41. The van der Waals surface area contributed by atoms with Crippen LogP contribution in [0.4, 0.5) is 0 Å². The van der Waals surface area contributed by atoms with Gasteiger partial charge in [-0.2, -0.15) is 5.10 Å². The largest absolute Gasteiger partial charge is 0.329 e. The fourth-order valence-corrected chi connectivity index (χ4v) is 3.93. The van der Waals surface area contributed by atoms with Crippen LogP contribution in [-0.4, -0.2) is 30.8 Å². The van der Waals surface area contributed by atoms with Gasteiger partial charge >= 0.3 is 0 Å². The highest BCUT2D eigenvalue weighted by Crippen LogP contribution is 2.24. The summed E-state index contributed by atoms with van der Waals surface area (Å²) in [5.74, 6) is 0. The standard InChI is InChI=1S/C11H20N4O2S/c1-8-11(9(2)15(13-8)7-6-12)18(16,17)14-10-4-3-5-10/h10,14H,3-7,12H2,1-2H3. The minimum Gasteiger partial charge on any atom is -0.329 e. The average Bonchev–Trinajstić information content (AvgIpc) is 2.50. The highest BCUT2D eigenvalue weighted by molar-refractivity contribution is 7.89. The Morgan fingerprint density at radius 3 is 2.61 bits per heavy atom. The summed E-state index contributed by atoms with van der Waals surface area (Å²) in [7, 11) is -3.45. The van der Waals surface area contributed by atoms with Crippen molar-refractivity contribution in [3.63, 3.8) is 0 Å². The van der Waals surface area contributed by atoms with E-state index in [1.165, 1.54) is 0 Å². The molecule has 3 N–H and O–H groups in total.